The van der Waals surface area contributed by atoms with Crippen LogP contribution in [0.25, 0.3) is 11.3 Å². The number of benzene rings is 2. The van der Waals surface area contributed by atoms with Gasteiger partial charge in [0.1, 0.15) is 5.75 Å². The molecule has 0 spiro atoms. The minimum atomic E-state index is -0.204. The molecule has 0 atom stereocenters. The quantitative estimate of drug-likeness (QED) is 0.354. The molecule has 4 aromatic rings. The molecule has 0 saturated carbocycles. The summed E-state index contributed by atoms with van der Waals surface area (Å²) in [4.78, 5) is 21.2. The zero-order valence-corrected chi connectivity index (χ0v) is 20.7. The first-order chi connectivity index (χ1) is 17.0. The number of phenolic OH excluding ortho intramolecular Hbond substituents is 1. The third-order valence-corrected chi connectivity index (χ3v) is 6.48. The van der Waals surface area contributed by atoms with Crippen LogP contribution in [0.15, 0.2) is 74.8 Å². The Bertz CT molecular complexity index is 1510. The molecule has 5 rings (SSSR count). The maximum atomic E-state index is 11.8. The van der Waals surface area contributed by atoms with Crippen LogP contribution in [0.2, 0.25) is 0 Å². The van der Waals surface area contributed by atoms with E-state index in [-0.39, 0.29) is 18.3 Å². The van der Waals surface area contributed by atoms with Gasteiger partial charge < -0.3 is 19.9 Å². The second-order valence-corrected chi connectivity index (χ2v) is 9.08. The van der Waals surface area contributed by atoms with E-state index in [1.54, 1.807) is 35.4 Å². The van der Waals surface area contributed by atoms with Crippen molar-refractivity contribution in [2.75, 3.05) is 19.0 Å². The van der Waals surface area contributed by atoms with Gasteiger partial charge in [0.05, 0.1) is 41.1 Å². The molecule has 0 saturated heterocycles. The van der Waals surface area contributed by atoms with Gasteiger partial charge in [0.2, 0.25) is 4.80 Å². The van der Waals surface area contributed by atoms with Crippen LogP contribution in [0.1, 0.15) is 5.56 Å². The van der Waals surface area contributed by atoms with Gasteiger partial charge in [-0.05, 0) is 64.0 Å². The molecule has 3 heterocycles. The number of pyridine rings is 1. The van der Waals surface area contributed by atoms with Crippen molar-refractivity contribution in [3.05, 3.63) is 75.1 Å². The molecule has 1 amide bonds. The van der Waals surface area contributed by atoms with Gasteiger partial charge in [-0.1, -0.05) is 0 Å². The molecular formula is C24H18BrN5O4S. The SMILES string of the molecule is COc1cc(C=Nn2c(-c3ccc4c(c3)NC(=O)CO4)csc2=Nc2cccnc2)cc(Br)c1O. The zero-order valence-electron chi connectivity index (χ0n) is 18.3. The summed E-state index contributed by atoms with van der Waals surface area (Å²) in [6.45, 7) is -0.00508. The number of hydrogen-bond donors (Lipinski definition) is 2. The van der Waals surface area contributed by atoms with Crippen molar-refractivity contribution in [1.29, 1.82) is 0 Å². The Morgan fingerprint density at radius 2 is 2.20 bits per heavy atom. The number of phenols is 1. The summed E-state index contributed by atoms with van der Waals surface area (Å²) in [6.07, 6.45) is 5.00. The monoisotopic (exact) mass is 551 g/mol. The Hall–Kier alpha value is -3.96. The van der Waals surface area contributed by atoms with Gasteiger partial charge >= 0.3 is 0 Å². The number of hydrogen-bond acceptors (Lipinski definition) is 8. The first-order valence-electron chi connectivity index (χ1n) is 10.3. The maximum Gasteiger partial charge on any atom is 0.262 e. The van der Waals surface area contributed by atoms with Crippen LogP contribution >= 0.6 is 27.3 Å². The van der Waals surface area contributed by atoms with Gasteiger partial charge in [-0.25, -0.2) is 9.67 Å². The van der Waals surface area contributed by atoms with Crippen molar-refractivity contribution in [1.82, 2.24) is 9.66 Å². The number of rotatable bonds is 5. The van der Waals surface area contributed by atoms with Gasteiger partial charge in [0.15, 0.2) is 18.1 Å². The van der Waals surface area contributed by atoms with E-state index >= 15 is 0 Å². The molecule has 11 heteroatoms. The Balaban J connectivity index is 1.63. The van der Waals surface area contributed by atoms with Gasteiger partial charge in [0.25, 0.3) is 5.91 Å². The van der Waals surface area contributed by atoms with E-state index in [1.165, 1.54) is 18.4 Å². The average molecular weight is 552 g/mol. The number of aromatic nitrogens is 2. The topological polar surface area (TPSA) is 110 Å². The van der Waals surface area contributed by atoms with Crippen LogP contribution < -0.4 is 19.6 Å². The molecule has 0 fully saturated rings. The Kier molecular flexibility index (Phi) is 6.34. The number of halogens is 1. The highest BCUT2D eigenvalue weighted by Crippen LogP contribution is 2.35. The second kappa shape index (κ2) is 9.72. The third-order valence-electron chi connectivity index (χ3n) is 5.06. The summed E-state index contributed by atoms with van der Waals surface area (Å²) < 4.78 is 12.9. The van der Waals surface area contributed by atoms with E-state index in [0.29, 0.717) is 37.7 Å². The van der Waals surface area contributed by atoms with E-state index in [4.69, 9.17) is 19.6 Å². The molecular weight excluding hydrogens is 534 g/mol. The number of amides is 1. The highest BCUT2D eigenvalue weighted by atomic mass is 79.9. The van der Waals surface area contributed by atoms with Gasteiger partial charge in [-0.3, -0.25) is 9.78 Å². The standard InChI is InChI=1S/C24H18BrN5O4S/c1-33-21-8-14(7-17(25)23(21)32)10-27-30-19(13-35-24(30)28-16-3-2-6-26-11-16)15-4-5-20-18(9-15)29-22(31)12-34-20/h2-11,13,32H,12H2,1H3,(H,29,31). The predicted molar refractivity (Wildman–Crippen MR) is 137 cm³/mol. The number of ether oxygens (including phenoxy) is 2. The minimum absolute atomic E-state index is 0.00508. The van der Waals surface area contributed by atoms with Crippen LogP contribution in [-0.2, 0) is 4.79 Å². The zero-order chi connectivity index (χ0) is 24.4. The molecule has 9 nitrogen and oxygen atoms in total. The molecule has 0 bridgehead atoms. The van der Waals surface area contributed by atoms with Crippen molar-refractivity contribution in [3.63, 3.8) is 0 Å². The smallest absolute Gasteiger partial charge is 0.262 e. The van der Waals surface area contributed by atoms with Crippen molar-refractivity contribution in [2.24, 2.45) is 10.1 Å². The summed E-state index contributed by atoms with van der Waals surface area (Å²) in [5.74, 6) is 0.742. The number of fused-ring (bicyclic) bond motifs is 1. The fraction of sp³-hybridized carbons (Fsp3) is 0.0833. The number of nitrogens with zero attached hydrogens (tertiary/aromatic N) is 4. The molecule has 35 heavy (non-hydrogen) atoms. The highest BCUT2D eigenvalue weighted by Gasteiger charge is 2.18. The number of thiazole rings is 1. The average Bonchev–Trinajstić information content (AvgIpc) is 3.26. The first-order valence-corrected chi connectivity index (χ1v) is 12.0. The molecule has 176 valence electrons. The highest BCUT2D eigenvalue weighted by molar-refractivity contribution is 9.10. The van der Waals surface area contributed by atoms with Gasteiger partial charge in [0, 0.05) is 17.1 Å². The summed E-state index contributed by atoms with van der Waals surface area (Å²) in [7, 11) is 1.48. The normalized spacial score (nSPS) is 13.4. The number of carbonyl (C=O) groups excluding carboxylic acids is 1. The van der Waals surface area contributed by atoms with E-state index in [1.807, 2.05) is 35.7 Å². The fourth-order valence-electron chi connectivity index (χ4n) is 3.41. The number of methoxy groups -OCH3 is 1. The Morgan fingerprint density at radius 3 is 3.00 bits per heavy atom. The summed E-state index contributed by atoms with van der Waals surface area (Å²) in [5.41, 5.74) is 3.57. The molecule has 1 aliphatic heterocycles. The maximum absolute atomic E-state index is 11.8. The number of carbonyl (C=O) groups is 1. The lowest BCUT2D eigenvalue weighted by atomic mass is 10.1. The summed E-state index contributed by atoms with van der Waals surface area (Å²) in [5, 5.41) is 19.6. The number of anilines is 1. The van der Waals surface area contributed by atoms with E-state index < -0.39 is 0 Å². The Labute approximate surface area is 212 Å². The van der Waals surface area contributed by atoms with E-state index in [9.17, 15) is 9.90 Å². The van der Waals surface area contributed by atoms with Crippen LogP contribution in [0.4, 0.5) is 11.4 Å². The van der Waals surface area contributed by atoms with Crippen molar-refractivity contribution in [3.8, 4) is 28.5 Å². The molecule has 0 radical (unpaired) electrons. The summed E-state index contributed by atoms with van der Waals surface area (Å²) >= 11 is 4.75. The minimum Gasteiger partial charge on any atom is -0.503 e. The number of aromatic hydroxyl groups is 1. The molecule has 0 aliphatic carbocycles. The Morgan fingerprint density at radius 1 is 1.31 bits per heavy atom. The van der Waals surface area contributed by atoms with Crippen LogP contribution in [0.5, 0.6) is 17.2 Å². The third kappa shape index (κ3) is 4.81. The fourth-order valence-corrected chi connectivity index (χ4v) is 4.72. The van der Waals surface area contributed by atoms with Crippen molar-refractivity contribution < 1.29 is 19.4 Å². The van der Waals surface area contributed by atoms with Crippen LogP contribution in [0, 0.1) is 0 Å². The molecule has 2 aromatic heterocycles. The second-order valence-electron chi connectivity index (χ2n) is 7.38. The molecule has 2 aromatic carbocycles. The van der Waals surface area contributed by atoms with E-state index in [0.717, 1.165) is 11.3 Å². The van der Waals surface area contributed by atoms with E-state index in [2.05, 4.69) is 26.2 Å². The predicted octanol–water partition coefficient (Wildman–Crippen LogP) is 4.53. The van der Waals surface area contributed by atoms with Crippen molar-refractivity contribution in [2.45, 2.75) is 0 Å². The largest absolute Gasteiger partial charge is 0.503 e. The number of nitrogens with one attached hydrogen (secondary N) is 1. The van der Waals surface area contributed by atoms with Gasteiger partial charge in [-0.15, -0.1) is 11.3 Å². The molecule has 2 N–H and O–H groups in total. The lowest BCUT2D eigenvalue weighted by Gasteiger charge is -2.18. The van der Waals surface area contributed by atoms with Crippen LogP contribution in [-0.4, -0.2) is 40.6 Å². The first kappa shape index (κ1) is 22.8. The van der Waals surface area contributed by atoms with Crippen molar-refractivity contribution >= 4 is 50.8 Å². The summed E-state index contributed by atoms with van der Waals surface area (Å²) in [6, 6.07) is 12.6. The lowest BCUT2D eigenvalue weighted by molar-refractivity contribution is -0.118. The van der Waals surface area contributed by atoms with Gasteiger partial charge in [-0.2, -0.15) is 5.10 Å². The molecule has 1 aliphatic rings. The molecule has 0 unspecified atom stereocenters. The van der Waals surface area contributed by atoms with Crippen LogP contribution in [0.3, 0.4) is 0 Å². The lowest BCUT2D eigenvalue weighted by Crippen LogP contribution is -2.25.